The van der Waals surface area contributed by atoms with Crippen molar-refractivity contribution in [3.63, 3.8) is 0 Å². The number of nitrogens with zero attached hydrogens (tertiary/aromatic N) is 4. The summed E-state index contributed by atoms with van der Waals surface area (Å²) < 4.78 is 19.2. The smallest absolute Gasteiger partial charge is 0.225 e. The Kier molecular flexibility index (Phi) is 3.00. The van der Waals surface area contributed by atoms with Crippen molar-refractivity contribution in [2.75, 3.05) is 18.1 Å². The highest BCUT2D eigenvalue weighted by atomic mass is 16.8. The topological polar surface area (TPSA) is 143 Å². The number of anilines is 2. The summed E-state index contributed by atoms with van der Waals surface area (Å²) in [6, 6.07) is 0. The zero-order valence-corrected chi connectivity index (χ0v) is 12.7. The predicted octanol–water partition coefficient (Wildman–Crippen LogP) is -0.759. The van der Waals surface area contributed by atoms with Crippen LogP contribution in [0, 0.1) is 0 Å². The monoisotopic (exact) mass is 322 g/mol. The Bertz CT molecular complexity index is 762. The number of rotatable bonds is 2. The van der Waals surface area contributed by atoms with Crippen LogP contribution >= 0.6 is 0 Å². The third kappa shape index (κ3) is 2.14. The third-order valence-electron chi connectivity index (χ3n) is 4.07. The fraction of sp³-hybridized carbons (Fsp3) is 0.615. The molecule has 23 heavy (non-hydrogen) atoms. The average Bonchev–Trinajstić information content (AvgIpc) is 3.09. The Labute approximate surface area is 131 Å². The van der Waals surface area contributed by atoms with Gasteiger partial charge in [-0.3, -0.25) is 4.40 Å². The zero-order chi connectivity index (χ0) is 16.4. The molecular formula is C13H18N6O4. The van der Waals surface area contributed by atoms with Gasteiger partial charge < -0.3 is 30.8 Å². The molecule has 4 atom stereocenters. The number of fused-ring (bicyclic) bond motifs is 2. The molecule has 2 saturated heterocycles. The normalized spacial score (nSPS) is 32.5. The maximum Gasteiger partial charge on any atom is 0.225 e. The lowest BCUT2D eigenvalue weighted by atomic mass is 10.1. The highest BCUT2D eigenvalue weighted by molar-refractivity contribution is 5.53. The molecule has 0 radical (unpaired) electrons. The highest BCUT2D eigenvalue weighted by Gasteiger charge is 2.56. The van der Waals surface area contributed by atoms with Gasteiger partial charge in [-0.1, -0.05) is 0 Å². The van der Waals surface area contributed by atoms with Crippen molar-refractivity contribution in [2.45, 2.75) is 44.1 Å². The van der Waals surface area contributed by atoms with Crippen molar-refractivity contribution < 1.29 is 19.3 Å². The molecule has 0 aromatic carbocycles. The van der Waals surface area contributed by atoms with Gasteiger partial charge >= 0.3 is 0 Å². The number of ether oxygens (including phenoxy) is 3. The lowest BCUT2D eigenvalue weighted by molar-refractivity contribution is -0.191. The number of nitrogen functional groups attached to an aromatic ring is 2. The fourth-order valence-corrected chi connectivity index (χ4v) is 3.19. The first-order valence-electron chi connectivity index (χ1n) is 7.27. The lowest BCUT2D eigenvalue weighted by Crippen LogP contribution is -2.31. The summed E-state index contributed by atoms with van der Waals surface area (Å²) in [5.74, 6) is -0.523. The Balaban J connectivity index is 1.79. The number of imidazole rings is 1. The molecule has 2 aliphatic rings. The fourth-order valence-electron chi connectivity index (χ4n) is 3.19. The number of hydrogen-bond acceptors (Lipinski definition) is 9. The summed E-state index contributed by atoms with van der Waals surface area (Å²) >= 11 is 0. The zero-order valence-electron chi connectivity index (χ0n) is 12.7. The van der Waals surface area contributed by atoms with Crippen molar-refractivity contribution in [1.82, 2.24) is 19.4 Å². The van der Waals surface area contributed by atoms with Crippen LogP contribution in [0.5, 0.6) is 0 Å². The van der Waals surface area contributed by atoms with E-state index in [4.69, 9.17) is 25.7 Å². The molecule has 10 heteroatoms. The average molecular weight is 322 g/mol. The van der Waals surface area contributed by atoms with Gasteiger partial charge in [0.2, 0.25) is 11.9 Å². The van der Waals surface area contributed by atoms with Gasteiger partial charge in [0, 0.05) is 0 Å². The Morgan fingerprint density at radius 3 is 2.74 bits per heavy atom. The number of nitrogens with two attached hydrogens (primary N) is 2. The first-order chi connectivity index (χ1) is 10.9. The number of aromatic nitrogens is 4. The third-order valence-corrected chi connectivity index (χ3v) is 4.07. The van der Waals surface area contributed by atoms with Gasteiger partial charge in [0.05, 0.1) is 6.61 Å². The van der Waals surface area contributed by atoms with E-state index in [1.165, 1.54) is 10.7 Å². The first-order valence-corrected chi connectivity index (χ1v) is 7.27. The molecule has 0 unspecified atom stereocenters. The lowest BCUT2D eigenvalue weighted by Gasteiger charge is -2.23. The summed E-state index contributed by atoms with van der Waals surface area (Å²) in [7, 11) is 0. The molecule has 124 valence electrons. The van der Waals surface area contributed by atoms with Gasteiger partial charge in [0.25, 0.3) is 0 Å². The van der Waals surface area contributed by atoms with E-state index in [1.54, 1.807) is 0 Å². The van der Waals surface area contributed by atoms with Crippen LogP contribution in [0.4, 0.5) is 11.9 Å². The van der Waals surface area contributed by atoms with Gasteiger partial charge in [-0.05, 0) is 13.8 Å². The minimum atomic E-state index is -0.757. The van der Waals surface area contributed by atoms with Gasteiger partial charge in [0.1, 0.15) is 36.4 Å². The second-order valence-electron chi connectivity index (χ2n) is 6.11. The maximum atomic E-state index is 9.55. The summed E-state index contributed by atoms with van der Waals surface area (Å²) in [6.07, 6.45) is -0.324. The standard InChI is InChI=1S/C13H18N6O4/c1-13(2)22-7-5(3-20)21-8(9(7)23-13)6-10-17-11(14)18-12(15)19(10)4-16-6/h4-5,7-9,20H,3H2,1-2H3,(H4,14,15,17,18)/t5-,7-,8+,9-/m1/s1. The van der Waals surface area contributed by atoms with Crippen LogP contribution < -0.4 is 11.5 Å². The van der Waals surface area contributed by atoms with E-state index >= 15 is 0 Å². The quantitative estimate of drug-likeness (QED) is 0.650. The van der Waals surface area contributed by atoms with Crippen LogP contribution in [0.25, 0.3) is 5.65 Å². The maximum absolute atomic E-state index is 9.55. The molecule has 0 amide bonds. The molecule has 0 spiro atoms. The van der Waals surface area contributed by atoms with Crippen molar-refractivity contribution in [3.8, 4) is 0 Å². The Morgan fingerprint density at radius 1 is 1.26 bits per heavy atom. The molecule has 4 heterocycles. The molecule has 0 aliphatic carbocycles. The molecule has 2 fully saturated rings. The molecule has 4 rings (SSSR count). The predicted molar refractivity (Wildman–Crippen MR) is 78.1 cm³/mol. The summed E-state index contributed by atoms with van der Waals surface area (Å²) in [5, 5.41) is 9.55. The van der Waals surface area contributed by atoms with Crippen molar-refractivity contribution in [3.05, 3.63) is 12.0 Å². The van der Waals surface area contributed by atoms with Crippen LogP contribution in [-0.2, 0) is 14.2 Å². The molecule has 0 saturated carbocycles. The van der Waals surface area contributed by atoms with Crippen molar-refractivity contribution in [1.29, 1.82) is 0 Å². The molecule has 10 nitrogen and oxygen atoms in total. The van der Waals surface area contributed by atoms with Crippen LogP contribution in [0.2, 0.25) is 0 Å². The van der Waals surface area contributed by atoms with Gasteiger partial charge in [-0.2, -0.15) is 9.97 Å². The number of hydrogen-bond donors (Lipinski definition) is 3. The second kappa shape index (κ2) is 4.74. The van der Waals surface area contributed by atoms with Crippen molar-refractivity contribution in [2.24, 2.45) is 0 Å². The largest absolute Gasteiger partial charge is 0.394 e. The molecule has 5 N–H and O–H groups in total. The number of aliphatic hydroxyl groups excluding tert-OH is 1. The molecule has 2 aromatic heterocycles. The van der Waals surface area contributed by atoms with E-state index in [-0.39, 0.29) is 24.6 Å². The van der Waals surface area contributed by atoms with E-state index < -0.39 is 24.1 Å². The van der Waals surface area contributed by atoms with Gasteiger partial charge in [-0.25, -0.2) is 4.98 Å². The van der Waals surface area contributed by atoms with Crippen LogP contribution in [-0.4, -0.2) is 55.2 Å². The molecule has 2 aromatic rings. The molecule has 0 bridgehead atoms. The van der Waals surface area contributed by atoms with E-state index in [2.05, 4.69) is 15.0 Å². The highest BCUT2D eigenvalue weighted by Crippen LogP contribution is 2.45. The molecule has 2 aliphatic heterocycles. The number of aliphatic hydroxyl groups is 1. The van der Waals surface area contributed by atoms with E-state index in [0.29, 0.717) is 11.3 Å². The van der Waals surface area contributed by atoms with Crippen LogP contribution in [0.3, 0.4) is 0 Å². The summed E-state index contributed by atoms with van der Waals surface area (Å²) in [5.41, 5.74) is 12.5. The first kappa shape index (κ1) is 14.6. The van der Waals surface area contributed by atoms with E-state index in [0.717, 1.165) is 0 Å². The summed E-state index contributed by atoms with van der Waals surface area (Å²) in [4.78, 5) is 12.4. The molecular weight excluding hydrogens is 304 g/mol. The van der Waals surface area contributed by atoms with Crippen molar-refractivity contribution >= 4 is 17.5 Å². The van der Waals surface area contributed by atoms with Gasteiger partial charge in [0.15, 0.2) is 11.4 Å². The SMILES string of the molecule is CC1(C)O[C@@H]2[C@H](O1)[C@@H](CO)O[C@H]2c1ncn2c(N)nc(N)nc12. The van der Waals surface area contributed by atoms with E-state index in [9.17, 15) is 5.11 Å². The minimum Gasteiger partial charge on any atom is -0.394 e. The second-order valence-corrected chi connectivity index (χ2v) is 6.11. The van der Waals surface area contributed by atoms with Crippen LogP contribution in [0.15, 0.2) is 6.33 Å². The minimum absolute atomic E-state index is 0.0499. The Morgan fingerprint density at radius 2 is 2.00 bits per heavy atom. The summed E-state index contributed by atoms with van der Waals surface area (Å²) in [6.45, 7) is 3.46. The van der Waals surface area contributed by atoms with Gasteiger partial charge in [-0.15, -0.1) is 0 Å². The van der Waals surface area contributed by atoms with Crippen LogP contribution in [0.1, 0.15) is 25.6 Å². The van der Waals surface area contributed by atoms with E-state index in [1.807, 2.05) is 13.8 Å². The Hall–Kier alpha value is -2.01.